The maximum Gasteiger partial charge on any atom is 0.348 e. The van der Waals surface area contributed by atoms with E-state index in [2.05, 4.69) is 6.58 Å². The summed E-state index contributed by atoms with van der Waals surface area (Å²) < 4.78 is 5.66. The maximum absolute atomic E-state index is 13.5. The third-order valence-corrected chi connectivity index (χ3v) is 6.00. The third-order valence-electron chi connectivity index (χ3n) is 5.30. The molecule has 3 amide bonds. The van der Waals surface area contributed by atoms with E-state index in [0.717, 1.165) is 30.6 Å². The fourth-order valence-corrected chi connectivity index (χ4v) is 4.56. The van der Waals surface area contributed by atoms with Gasteiger partial charge in [-0.2, -0.15) is 11.3 Å². The second-order valence-electron chi connectivity index (χ2n) is 8.12. The summed E-state index contributed by atoms with van der Waals surface area (Å²) in [6, 6.07) is -0.584. The molecule has 30 heavy (non-hydrogen) atoms. The summed E-state index contributed by atoms with van der Waals surface area (Å²) in [6.45, 7) is 7.70. The van der Waals surface area contributed by atoms with Crippen molar-refractivity contribution in [2.45, 2.75) is 70.9 Å². The fraction of sp³-hybridized carbons (Fsp3) is 0.591. The SMILES string of the molecule is C=CCCC(CC(C)C)C(=O)N(C(=O)NO)C(C(=O)OC1CCCC1)c1ccsc1. The lowest BCUT2D eigenvalue weighted by Crippen LogP contribution is -2.50. The van der Waals surface area contributed by atoms with Crippen molar-refractivity contribution >= 4 is 29.2 Å². The van der Waals surface area contributed by atoms with Crippen molar-refractivity contribution in [3.63, 3.8) is 0 Å². The highest BCUT2D eigenvalue weighted by molar-refractivity contribution is 7.08. The topological polar surface area (TPSA) is 95.9 Å². The molecule has 2 rings (SSSR count). The van der Waals surface area contributed by atoms with Crippen LogP contribution in [-0.4, -0.2) is 34.1 Å². The molecule has 1 heterocycles. The minimum Gasteiger partial charge on any atom is -0.461 e. The number of urea groups is 1. The Morgan fingerprint density at radius 2 is 2.07 bits per heavy atom. The van der Waals surface area contributed by atoms with Crippen molar-refractivity contribution in [2.75, 3.05) is 0 Å². The van der Waals surface area contributed by atoms with Gasteiger partial charge in [-0.25, -0.2) is 20.0 Å². The molecule has 1 aromatic heterocycles. The lowest BCUT2D eigenvalue weighted by atomic mass is 9.90. The number of ether oxygens (including phenoxy) is 1. The van der Waals surface area contributed by atoms with Crippen LogP contribution in [0.3, 0.4) is 0 Å². The number of hydrogen-bond donors (Lipinski definition) is 2. The molecule has 1 aliphatic carbocycles. The molecular formula is C22H32N2O5S. The second kappa shape index (κ2) is 11.9. The van der Waals surface area contributed by atoms with Gasteiger partial charge in [-0.1, -0.05) is 19.9 Å². The number of esters is 1. The largest absolute Gasteiger partial charge is 0.461 e. The number of thiophene rings is 1. The Kier molecular flexibility index (Phi) is 9.52. The van der Waals surface area contributed by atoms with E-state index >= 15 is 0 Å². The molecule has 2 N–H and O–H groups in total. The number of imide groups is 1. The molecule has 0 bridgehead atoms. The molecule has 2 unspecified atom stereocenters. The number of amides is 3. The molecule has 0 spiro atoms. The van der Waals surface area contributed by atoms with Crippen LogP contribution >= 0.6 is 11.3 Å². The number of carbonyl (C=O) groups excluding carboxylic acids is 3. The van der Waals surface area contributed by atoms with Crippen LogP contribution in [0.25, 0.3) is 0 Å². The van der Waals surface area contributed by atoms with Crippen molar-refractivity contribution in [1.82, 2.24) is 10.4 Å². The second-order valence-corrected chi connectivity index (χ2v) is 8.90. The number of nitrogens with zero attached hydrogens (tertiary/aromatic N) is 1. The molecule has 1 fully saturated rings. The Hall–Kier alpha value is -2.19. The summed E-state index contributed by atoms with van der Waals surface area (Å²) in [5, 5.41) is 12.8. The van der Waals surface area contributed by atoms with Crippen molar-refractivity contribution < 1.29 is 24.3 Å². The van der Waals surface area contributed by atoms with Crippen LogP contribution < -0.4 is 5.48 Å². The van der Waals surface area contributed by atoms with Gasteiger partial charge in [-0.05, 0) is 73.3 Å². The van der Waals surface area contributed by atoms with Crippen LogP contribution in [-0.2, 0) is 14.3 Å². The average molecular weight is 437 g/mol. The van der Waals surface area contributed by atoms with E-state index in [0.29, 0.717) is 24.8 Å². The molecule has 166 valence electrons. The van der Waals surface area contributed by atoms with E-state index in [1.165, 1.54) is 11.3 Å². The van der Waals surface area contributed by atoms with Gasteiger partial charge < -0.3 is 4.74 Å². The minimum atomic E-state index is -1.24. The third kappa shape index (κ3) is 6.40. The zero-order chi connectivity index (χ0) is 22.1. The number of allylic oxidation sites excluding steroid dienone is 1. The summed E-state index contributed by atoms with van der Waals surface area (Å²) >= 11 is 1.36. The van der Waals surface area contributed by atoms with Gasteiger partial charge in [0.2, 0.25) is 5.91 Å². The summed E-state index contributed by atoms with van der Waals surface area (Å²) in [7, 11) is 0. The summed E-state index contributed by atoms with van der Waals surface area (Å²) in [6.07, 6.45) is 6.70. The van der Waals surface area contributed by atoms with Gasteiger partial charge in [0, 0.05) is 5.92 Å². The average Bonchev–Trinajstić information content (AvgIpc) is 3.42. The fourth-order valence-electron chi connectivity index (χ4n) is 3.88. The van der Waals surface area contributed by atoms with E-state index < -0.39 is 29.9 Å². The van der Waals surface area contributed by atoms with E-state index in [9.17, 15) is 19.6 Å². The van der Waals surface area contributed by atoms with Crippen molar-refractivity contribution in [2.24, 2.45) is 11.8 Å². The summed E-state index contributed by atoms with van der Waals surface area (Å²) in [5.74, 6) is -1.42. The molecule has 0 radical (unpaired) electrons. The van der Waals surface area contributed by atoms with Crippen LogP contribution in [0, 0.1) is 11.8 Å². The van der Waals surface area contributed by atoms with E-state index in [4.69, 9.17) is 4.74 Å². The molecule has 1 aliphatic rings. The highest BCUT2D eigenvalue weighted by atomic mass is 32.1. The monoisotopic (exact) mass is 436 g/mol. The molecule has 2 atom stereocenters. The molecular weight excluding hydrogens is 404 g/mol. The number of carbonyl (C=O) groups is 3. The standard InChI is InChI=1S/C22H32N2O5S/c1-4-5-8-16(13-15(2)3)20(25)24(22(27)23-28)19(17-11-12-30-14-17)21(26)29-18-9-6-7-10-18/h4,11-12,14-16,18-19,28H,1,5-10,13H2,2-3H3,(H,23,27). The first-order valence-electron chi connectivity index (χ1n) is 10.5. The zero-order valence-corrected chi connectivity index (χ0v) is 18.5. The smallest absolute Gasteiger partial charge is 0.348 e. The first-order chi connectivity index (χ1) is 14.4. The number of hydrogen-bond acceptors (Lipinski definition) is 6. The van der Waals surface area contributed by atoms with Gasteiger partial charge in [-0.15, -0.1) is 6.58 Å². The Balaban J connectivity index is 2.38. The van der Waals surface area contributed by atoms with Crippen LogP contribution in [0.15, 0.2) is 29.5 Å². The van der Waals surface area contributed by atoms with E-state index in [1.54, 1.807) is 28.4 Å². The molecule has 0 saturated heterocycles. The highest BCUT2D eigenvalue weighted by Crippen LogP contribution is 2.31. The Bertz CT molecular complexity index is 713. The van der Waals surface area contributed by atoms with Gasteiger partial charge >= 0.3 is 12.0 Å². The Morgan fingerprint density at radius 1 is 1.37 bits per heavy atom. The molecule has 7 nitrogen and oxygen atoms in total. The van der Waals surface area contributed by atoms with Gasteiger partial charge in [0.05, 0.1) is 0 Å². The number of hydroxylamine groups is 1. The number of rotatable bonds is 10. The lowest BCUT2D eigenvalue weighted by molar-refractivity contribution is -0.159. The molecule has 0 aliphatic heterocycles. The quantitative estimate of drug-likeness (QED) is 0.237. The first-order valence-corrected chi connectivity index (χ1v) is 11.4. The van der Waals surface area contributed by atoms with Crippen molar-refractivity contribution in [1.29, 1.82) is 0 Å². The summed E-state index contributed by atoms with van der Waals surface area (Å²) in [5.41, 5.74) is 2.04. The lowest BCUT2D eigenvalue weighted by Gasteiger charge is -2.31. The van der Waals surface area contributed by atoms with Gasteiger partial charge in [0.25, 0.3) is 0 Å². The minimum absolute atomic E-state index is 0.208. The molecule has 8 heteroatoms. The van der Waals surface area contributed by atoms with Crippen molar-refractivity contribution in [3.05, 3.63) is 35.0 Å². The highest BCUT2D eigenvalue weighted by Gasteiger charge is 2.41. The van der Waals surface area contributed by atoms with Gasteiger partial charge in [0.15, 0.2) is 6.04 Å². The first kappa shape index (κ1) is 24.1. The number of nitrogens with one attached hydrogen (secondary N) is 1. The zero-order valence-electron chi connectivity index (χ0n) is 17.7. The van der Waals surface area contributed by atoms with E-state index in [-0.39, 0.29) is 12.0 Å². The van der Waals surface area contributed by atoms with Crippen LogP contribution in [0.5, 0.6) is 0 Å². The van der Waals surface area contributed by atoms with E-state index in [1.807, 2.05) is 13.8 Å². The van der Waals surface area contributed by atoms with Crippen LogP contribution in [0.2, 0.25) is 0 Å². The maximum atomic E-state index is 13.5. The predicted octanol–water partition coefficient (Wildman–Crippen LogP) is 4.83. The summed E-state index contributed by atoms with van der Waals surface area (Å²) in [4.78, 5) is 40.1. The Labute approximate surface area is 182 Å². The van der Waals surface area contributed by atoms with Crippen molar-refractivity contribution in [3.8, 4) is 0 Å². The Morgan fingerprint density at radius 3 is 2.60 bits per heavy atom. The normalized spacial score (nSPS) is 16.1. The van der Waals surface area contributed by atoms with Gasteiger partial charge in [-0.3, -0.25) is 10.0 Å². The van der Waals surface area contributed by atoms with Crippen LogP contribution in [0.4, 0.5) is 4.79 Å². The predicted molar refractivity (Wildman–Crippen MR) is 115 cm³/mol. The molecule has 1 aromatic rings. The van der Waals surface area contributed by atoms with Crippen LogP contribution in [0.1, 0.15) is 70.4 Å². The molecule has 1 saturated carbocycles. The van der Waals surface area contributed by atoms with Gasteiger partial charge in [0.1, 0.15) is 6.10 Å². The molecule has 0 aromatic carbocycles.